The Balaban J connectivity index is 1.37. The van der Waals surface area contributed by atoms with Crippen molar-refractivity contribution in [3.8, 4) is 0 Å². The van der Waals surface area contributed by atoms with Crippen LogP contribution in [0.1, 0.15) is 27.0 Å². The predicted molar refractivity (Wildman–Crippen MR) is 160 cm³/mol. The van der Waals surface area contributed by atoms with Crippen molar-refractivity contribution in [1.29, 1.82) is 0 Å². The fourth-order valence-electron chi connectivity index (χ4n) is 4.51. The standard InChI is InChI=1S/C32H27ClN4O4/c1-21-10-16-25(17-11-21)35-29(38)20-36-28-9-5-3-7-26(28)31(40)37(32(36)41)19-22-12-14-23(15-13-22)30(39)34-18-24-6-2-4-8-27(24)33/h2-17H,18-20H2,1H3,(H,34,39)(H,35,38). The third-order valence-electron chi connectivity index (χ3n) is 6.72. The number of carbonyl (C=O) groups is 2. The van der Waals surface area contributed by atoms with Gasteiger partial charge in [-0.1, -0.05) is 71.8 Å². The van der Waals surface area contributed by atoms with Crippen molar-refractivity contribution >= 4 is 40.0 Å². The average molecular weight is 567 g/mol. The Morgan fingerprint density at radius 2 is 1.49 bits per heavy atom. The molecule has 9 heteroatoms. The predicted octanol–water partition coefficient (Wildman–Crippen LogP) is 4.74. The number of amides is 2. The third-order valence-corrected chi connectivity index (χ3v) is 7.09. The molecule has 5 aromatic rings. The van der Waals surface area contributed by atoms with Crippen LogP contribution in [0.15, 0.2) is 107 Å². The molecule has 41 heavy (non-hydrogen) atoms. The van der Waals surface area contributed by atoms with Crippen LogP contribution >= 0.6 is 11.6 Å². The van der Waals surface area contributed by atoms with Crippen molar-refractivity contribution in [3.05, 3.63) is 145 Å². The van der Waals surface area contributed by atoms with E-state index >= 15 is 0 Å². The largest absolute Gasteiger partial charge is 0.348 e. The monoisotopic (exact) mass is 566 g/mol. The zero-order valence-corrected chi connectivity index (χ0v) is 23.0. The summed E-state index contributed by atoms with van der Waals surface area (Å²) >= 11 is 6.17. The molecule has 0 atom stereocenters. The SMILES string of the molecule is Cc1ccc(NC(=O)Cn2c(=O)n(Cc3ccc(C(=O)NCc4ccccc4Cl)cc3)c(=O)c3ccccc32)cc1. The Morgan fingerprint density at radius 3 is 2.22 bits per heavy atom. The summed E-state index contributed by atoms with van der Waals surface area (Å²) < 4.78 is 2.41. The van der Waals surface area contributed by atoms with Gasteiger partial charge < -0.3 is 10.6 Å². The number of aryl methyl sites for hydroxylation is 1. The van der Waals surface area contributed by atoms with E-state index in [0.717, 1.165) is 15.7 Å². The number of benzene rings is 4. The number of hydrogen-bond donors (Lipinski definition) is 2. The van der Waals surface area contributed by atoms with Gasteiger partial charge in [-0.05, 0) is 60.5 Å². The molecule has 0 aliphatic heterocycles. The highest BCUT2D eigenvalue weighted by Crippen LogP contribution is 2.15. The third kappa shape index (κ3) is 6.28. The van der Waals surface area contributed by atoms with E-state index in [9.17, 15) is 19.2 Å². The smallest absolute Gasteiger partial charge is 0.332 e. The van der Waals surface area contributed by atoms with Crippen molar-refractivity contribution in [3.63, 3.8) is 0 Å². The first-order valence-electron chi connectivity index (χ1n) is 13.0. The maximum atomic E-state index is 13.5. The lowest BCUT2D eigenvalue weighted by Crippen LogP contribution is -2.42. The molecule has 0 aliphatic carbocycles. The van der Waals surface area contributed by atoms with E-state index in [1.54, 1.807) is 66.7 Å². The number of hydrogen-bond acceptors (Lipinski definition) is 4. The van der Waals surface area contributed by atoms with Crippen molar-refractivity contribution in [1.82, 2.24) is 14.5 Å². The maximum absolute atomic E-state index is 13.5. The Labute approximate surface area is 240 Å². The van der Waals surface area contributed by atoms with Crippen LogP contribution in [0.5, 0.6) is 0 Å². The molecule has 5 rings (SSSR count). The van der Waals surface area contributed by atoms with Gasteiger partial charge in [-0.3, -0.25) is 23.5 Å². The summed E-state index contributed by atoms with van der Waals surface area (Å²) in [5.74, 6) is -0.667. The normalized spacial score (nSPS) is 10.9. The molecular formula is C32H27ClN4O4. The molecule has 0 aliphatic rings. The van der Waals surface area contributed by atoms with E-state index in [2.05, 4.69) is 10.6 Å². The van der Waals surface area contributed by atoms with Gasteiger partial charge in [-0.25, -0.2) is 4.79 Å². The molecule has 2 N–H and O–H groups in total. The molecule has 0 saturated heterocycles. The summed E-state index contributed by atoms with van der Waals surface area (Å²) in [4.78, 5) is 52.4. The molecule has 0 saturated carbocycles. The van der Waals surface area contributed by atoms with Crippen LogP contribution in [0.2, 0.25) is 5.02 Å². The fraction of sp³-hybridized carbons (Fsp3) is 0.125. The van der Waals surface area contributed by atoms with Gasteiger partial charge in [0, 0.05) is 22.8 Å². The number of nitrogens with zero attached hydrogens (tertiary/aromatic N) is 2. The van der Waals surface area contributed by atoms with Crippen molar-refractivity contribution in [2.24, 2.45) is 0 Å². The second-order valence-corrected chi connectivity index (χ2v) is 10.1. The summed E-state index contributed by atoms with van der Waals surface area (Å²) in [6.45, 7) is 1.94. The summed E-state index contributed by atoms with van der Waals surface area (Å²) in [5.41, 5.74) is 2.87. The number of para-hydroxylation sites is 1. The zero-order valence-electron chi connectivity index (χ0n) is 22.3. The minimum absolute atomic E-state index is 0.0242. The second-order valence-electron chi connectivity index (χ2n) is 9.66. The van der Waals surface area contributed by atoms with E-state index < -0.39 is 17.2 Å². The maximum Gasteiger partial charge on any atom is 0.332 e. The van der Waals surface area contributed by atoms with E-state index in [1.807, 2.05) is 37.3 Å². The molecule has 2 amide bonds. The highest BCUT2D eigenvalue weighted by atomic mass is 35.5. The Bertz CT molecular complexity index is 1860. The summed E-state index contributed by atoms with van der Waals surface area (Å²) in [7, 11) is 0. The summed E-state index contributed by atoms with van der Waals surface area (Å²) in [6.07, 6.45) is 0. The van der Waals surface area contributed by atoms with E-state index in [-0.39, 0.29) is 25.5 Å². The molecule has 206 valence electrons. The van der Waals surface area contributed by atoms with Crippen LogP contribution in [-0.2, 0) is 24.4 Å². The van der Waals surface area contributed by atoms with Crippen LogP contribution in [0.3, 0.4) is 0 Å². The molecule has 0 fully saturated rings. The second kappa shape index (κ2) is 12.1. The molecular weight excluding hydrogens is 540 g/mol. The van der Waals surface area contributed by atoms with Gasteiger partial charge in [0.05, 0.1) is 17.4 Å². The Morgan fingerprint density at radius 1 is 0.805 bits per heavy atom. The molecule has 1 aromatic heterocycles. The number of halogens is 1. The molecule has 1 heterocycles. The zero-order chi connectivity index (χ0) is 28.9. The van der Waals surface area contributed by atoms with Crippen LogP contribution < -0.4 is 21.9 Å². The van der Waals surface area contributed by atoms with Gasteiger partial charge in [-0.2, -0.15) is 0 Å². The lowest BCUT2D eigenvalue weighted by Gasteiger charge is -2.14. The summed E-state index contributed by atoms with van der Waals surface area (Å²) in [5, 5.41) is 6.54. The number of rotatable bonds is 8. The molecule has 0 radical (unpaired) electrons. The lowest BCUT2D eigenvalue weighted by molar-refractivity contribution is -0.116. The number of aromatic nitrogens is 2. The van der Waals surface area contributed by atoms with Crippen molar-refractivity contribution in [2.45, 2.75) is 26.6 Å². The molecule has 0 spiro atoms. The number of anilines is 1. The van der Waals surface area contributed by atoms with Crippen LogP contribution in [0, 0.1) is 6.92 Å². The van der Waals surface area contributed by atoms with Gasteiger partial charge in [-0.15, -0.1) is 0 Å². The fourth-order valence-corrected chi connectivity index (χ4v) is 4.71. The van der Waals surface area contributed by atoms with E-state index in [1.165, 1.54) is 4.57 Å². The first-order valence-corrected chi connectivity index (χ1v) is 13.4. The lowest BCUT2D eigenvalue weighted by atomic mass is 10.1. The first kappa shape index (κ1) is 27.6. The minimum atomic E-state index is -0.602. The topological polar surface area (TPSA) is 102 Å². The van der Waals surface area contributed by atoms with Gasteiger partial charge in [0.25, 0.3) is 11.5 Å². The Hall–Kier alpha value is -4.95. The van der Waals surface area contributed by atoms with Gasteiger partial charge in [0.1, 0.15) is 6.54 Å². The number of nitrogens with one attached hydrogen (secondary N) is 2. The van der Waals surface area contributed by atoms with Gasteiger partial charge in [0.15, 0.2) is 0 Å². The highest BCUT2D eigenvalue weighted by Gasteiger charge is 2.16. The molecule has 0 bridgehead atoms. The molecule has 0 unspecified atom stereocenters. The first-order chi connectivity index (χ1) is 19.8. The van der Waals surface area contributed by atoms with Gasteiger partial charge >= 0.3 is 5.69 Å². The van der Waals surface area contributed by atoms with Crippen LogP contribution in [0.25, 0.3) is 10.9 Å². The number of fused-ring (bicyclic) bond motifs is 1. The molecule has 4 aromatic carbocycles. The van der Waals surface area contributed by atoms with Crippen molar-refractivity contribution in [2.75, 3.05) is 5.32 Å². The highest BCUT2D eigenvalue weighted by molar-refractivity contribution is 6.31. The quantitative estimate of drug-likeness (QED) is 0.283. The average Bonchev–Trinajstić information content (AvgIpc) is 2.98. The van der Waals surface area contributed by atoms with Gasteiger partial charge in [0.2, 0.25) is 5.91 Å². The minimum Gasteiger partial charge on any atom is -0.348 e. The van der Waals surface area contributed by atoms with E-state index in [0.29, 0.717) is 32.7 Å². The molecule has 8 nitrogen and oxygen atoms in total. The Kier molecular flexibility index (Phi) is 8.12. The summed E-state index contributed by atoms with van der Waals surface area (Å²) in [6, 6.07) is 28.0. The van der Waals surface area contributed by atoms with Crippen LogP contribution in [0.4, 0.5) is 5.69 Å². The van der Waals surface area contributed by atoms with Crippen LogP contribution in [-0.4, -0.2) is 20.9 Å². The van der Waals surface area contributed by atoms with E-state index in [4.69, 9.17) is 11.6 Å². The van der Waals surface area contributed by atoms with Crippen molar-refractivity contribution < 1.29 is 9.59 Å². The number of carbonyl (C=O) groups excluding carboxylic acids is 2.